The fraction of sp³-hybridized carbons (Fsp3) is 1.00. The Morgan fingerprint density at radius 2 is 1.44 bits per heavy atom. The van der Waals surface area contributed by atoms with Crippen LogP contribution in [0.5, 0.6) is 0 Å². The smallest absolute Gasteiger partial charge is 0.00682 e. The predicted octanol–water partition coefficient (Wildman–Crippen LogP) is 3.56. The molecule has 0 aromatic rings. The Morgan fingerprint density at radius 1 is 0.778 bits per heavy atom. The second kappa shape index (κ2) is 8.92. The minimum Gasteiger partial charge on any atom is -0.314 e. The van der Waals surface area contributed by atoms with E-state index in [1.54, 1.807) is 0 Å². The van der Waals surface area contributed by atoms with Gasteiger partial charge in [-0.25, -0.2) is 0 Å². The molecule has 1 saturated carbocycles. The molecule has 0 unspecified atom stereocenters. The van der Waals surface area contributed by atoms with Crippen molar-refractivity contribution in [1.82, 2.24) is 10.2 Å². The Hall–Kier alpha value is -0.0800. The van der Waals surface area contributed by atoms with E-state index in [-0.39, 0.29) is 0 Å². The van der Waals surface area contributed by atoms with Gasteiger partial charge in [0.2, 0.25) is 0 Å². The number of nitrogens with zero attached hydrogens (tertiary/aromatic N) is 1. The van der Waals surface area contributed by atoms with Crippen LogP contribution in [0.15, 0.2) is 0 Å². The molecule has 18 heavy (non-hydrogen) atoms. The average molecular weight is 252 g/mol. The number of rotatable bonds is 8. The molecule has 2 nitrogen and oxygen atoms in total. The van der Waals surface area contributed by atoms with Crippen molar-refractivity contribution in [3.8, 4) is 0 Å². The molecular formula is C16H32N2. The highest BCUT2D eigenvalue weighted by Gasteiger charge is 2.19. The first-order valence-electron chi connectivity index (χ1n) is 8.41. The Kier molecular flexibility index (Phi) is 7.11. The van der Waals surface area contributed by atoms with E-state index in [1.807, 2.05) is 0 Å². The second-order valence-corrected chi connectivity index (χ2v) is 6.25. The molecule has 0 aromatic carbocycles. The predicted molar refractivity (Wildman–Crippen MR) is 79.0 cm³/mol. The van der Waals surface area contributed by atoms with E-state index in [9.17, 15) is 0 Å². The number of nitrogens with one attached hydrogen (secondary N) is 1. The normalized spacial score (nSPS) is 22.7. The third kappa shape index (κ3) is 6.75. The summed E-state index contributed by atoms with van der Waals surface area (Å²) >= 11 is 0. The van der Waals surface area contributed by atoms with Crippen LogP contribution in [0.25, 0.3) is 0 Å². The lowest BCUT2D eigenvalue weighted by Gasteiger charge is -2.24. The molecule has 0 spiro atoms. The van der Waals surface area contributed by atoms with Gasteiger partial charge < -0.3 is 10.2 Å². The lowest BCUT2D eigenvalue weighted by molar-refractivity contribution is 0.242. The quantitative estimate of drug-likeness (QED) is 0.664. The molecule has 2 fully saturated rings. The summed E-state index contributed by atoms with van der Waals surface area (Å²) in [5.74, 6) is 0. The first kappa shape index (κ1) is 14.3. The summed E-state index contributed by atoms with van der Waals surface area (Å²) in [5.41, 5.74) is 0. The van der Waals surface area contributed by atoms with Gasteiger partial charge >= 0.3 is 0 Å². The largest absolute Gasteiger partial charge is 0.314 e. The van der Waals surface area contributed by atoms with Crippen LogP contribution >= 0.6 is 0 Å². The van der Waals surface area contributed by atoms with E-state index in [0.717, 1.165) is 6.04 Å². The van der Waals surface area contributed by atoms with Crippen molar-refractivity contribution in [3.63, 3.8) is 0 Å². The van der Waals surface area contributed by atoms with E-state index >= 15 is 0 Å². The summed E-state index contributed by atoms with van der Waals surface area (Å²) in [7, 11) is 0. The van der Waals surface area contributed by atoms with Gasteiger partial charge in [0.25, 0.3) is 0 Å². The molecule has 0 bridgehead atoms. The molecule has 0 atom stereocenters. The summed E-state index contributed by atoms with van der Waals surface area (Å²) < 4.78 is 0. The summed E-state index contributed by atoms with van der Waals surface area (Å²) in [5, 5.41) is 3.60. The monoisotopic (exact) mass is 252 g/mol. The van der Waals surface area contributed by atoms with Crippen LogP contribution in [0.2, 0.25) is 0 Å². The Balaban J connectivity index is 1.38. The topological polar surface area (TPSA) is 15.3 Å². The van der Waals surface area contributed by atoms with Gasteiger partial charge in [-0.05, 0) is 64.7 Å². The van der Waals surface area contributed by atoms with Gasteiger partial charge in [-0.3, -0.25) is 0 Å². The van der Waals surface area contributed by atoms with Gasteiger partial charge in [0, 0.05) is 6.04 Å². The van der Waals surface area contributed by atoms with Gasteiger partial charge in [0.05, 0.1) is 0 Å². The Bertz CT molecular complexity index is 193. The fourth-order valence-corrected chi connectivity index (χ4v) is 2.94. The van der Waals surface area contributed by atoms with Crippen molar-refractivity contribution in [2.24, 2.45) is 0 Å². The van der Waals surface area contributed by atoms with Crippen LogP contribution in [0.4, 0.5) is 0 Å². The van der Waals surface area contributed by atoms with Crippen molar-refractivity contribution in [2.75, 3.05) is 26.2 Å². The second-order valence-electron chi connectivity index (χ2n) is 6.25. The van der Waals surface area contributed by atoms with Crippen LogP contribution in [-0.4, -0.2) is 37.1 Å². The van der Waals surface area contributed by atoms with Crippen LogP contribution in [0.3, 0.4) is 0 Å². The Morgan fingerprint density at radius 3 is 2.17 bits per heavy atom. The maximum absolute atomic E-state index is 3.60. The Labute approximate surface area is 114 Å². The molecule has 0 amide bonds. The number of hydrogen-bond donors (Lipinski definition) is 1. The van der Waals surface area contributed by atoms with Crippen LogP contribution in [-0.2, 0) is 0 Å². The molecule has 1 saturated heterocycles. The summed E-state index contributed by atoms with van der Waals surface area (Å²) in [4.78, 5) is 2.71. The molecule has 0 radical (unpaired) electrons. The molecule has 2 rings (SSSR count). The molecule has 106 valence electrons. The zero-order valence-electron chi connectivity index (χ0n) is 12.1. The third-order valence-corrected chi connectivity index (χ3v) is 4.36. The highest BCUT2D eigenvalue weighted by Crippen LogP contribution is 2.18. The van der Waals surface area contributed by atoms with E-state index in [2.05, 4.69) is 10.2 Å². The van der Waals surface area contributed by atoms with Gasteiger partial charge in [0.1, 0.15) is 0 Å². The summed E-state index contributed by atoms with van der Waals surface area (Å²) in [6.07, 6.45) is 15.8. The van der Waals surface area contributed by atoms with Crippen molar-refractivity contribution in [1.29, 1.82) is 0 Å². The maximum Gasteiger partial charge on any atom is 0.00682 e. The average Bonchev–Trinajstić information content (AvgIpc) is 3.14. The lowest BCUT2D eigenvalue weighted by atomic mass is 10.1. The van der Waals surface area contributed by atoms with Crippen molar-refractivity contribution < 1.29 is 0 Å². The standard InChI is InChI=1S/C16H32N2/c1-3-7-13-18(14-8-4-1)15-9-5-2-6-12-17-16-10-11-16/h16-17H,1-15H2. The summed E-state index contributed by atoms with van der Waals surface area (Å²) in [6, 6.07) is 0.894. The maximum atomic E-state index is 3.60. The van der Waals surface area contributed by atoms with Crippen LogP contribution in [0.1, 0.15) is 70.6 Å². The molecule has 1 aliphatic heterocycles. The van der Waals surface area contributed by atoms with E-state index in [0.29, 0.717) is 0 Å². The SMILES string of the molecule is C1CCCN(CCCCCCNC2CC2)CCC1. The molecule has 1 heterocycles. The number of hydrogen-bond acceptors (Lipinski definition) is 2. The van der Waals surface area contributed by atoms with Crippen molar-refractivity contribution in [2.45, 2.75) is 76.7 Å². The van der Waals surface area contributed by atoms with Gasteiger partial charge in [-0.15, -0.1) is 0 Å². The van der Waals surface area contributed by atoms with Crippen molar-refractivity contribution in [3.05, 3.63) is 0 Å². The van der Waals surface area contributed by atoms with Gasteiger partial charge in [0.15, 0.2) is 0 Å². The zero-order valence-corrected chi connectivity index (χ0v) is 12.1. The third-order valence-electron chi connectivity index (χ3n) is 4.36. The molecular weight excluding hydrogens is 220 g/mol. The lowest BCUT2D eigenvalue weighted by Crippen LogP contribution is -2.28. The molecule has 1 N–H and O–H groups in total. The molecule has 2 heteroatoms. The first-order chi connectivity index (χ1) is 8.95. The fourth-order valence-electron chi connectivity index (χ4n) is 2.94. The first-order valence-corrected chi connectivity index (χ1v) is 8.41. The highest BCUT2D eigenvalue weighted by molar-refractivity contribution is 4.80. The molecule has 0 aromatic heterocycles. The van der Waals surface area contributed by atoms with Gasteiger partial charge in [-0.2, -0.15) is 0 Å². The molecule has 2 aliphatic rings. The van der Waals surface area contributed by atoms with Crippen LogP contribution < -0.4 is 5.32 Å². The minimum absolute atomic E-state index is 0.894. The highest BCUT2D eigenvalue weighted by atomic mass is 15.1. The summed E-state index contributed by atoms with van der Waals surface area (Å²) in [6.45, 7) is 5.34. The van der Waals surface area contributed by atoms with E-state index < -0.39 is 0 Å². The van der Waals surface area contributed by atoms with Crippen molar-refractivity contribution >= 4 is 0 Å². The van der Waals surface area contributed by atoms with Crippen LogP contribution in [0, 0.1) is 0 Å². The van der Waals surface area contributed by atoms with E-state index in [1.165, 1.54) is 96.8 Å². The number of likely N-dealkylation sites (tertiary alicyclic amines) is 1. The number of unbranched alkanes of at least 4 members (excludes halogenated alkanes) is 3. The molecule has 1 aliphatic carbocycles. The van der Waals surface area contributed by atoms with Gasteiger partial charge in [-0.1, -0.05) is 32.1 Å². The van der Waals surface area contributed by atoms with E-state index in [4.69, 9.17) is 0 Å². The zero-order chi connectivity index (χ0) is 12.5. The minimum atomic E-state index is 0.894.